The van der Waals surface area contributed by atoms with E-state index in [-0.39, 0.29) is 6.03 Å². The number of amides is 2. The molecule has 1 unspecified atom stereocenters. The van der Waals surface area contributed by atoms with Gasteiger partial charge in [-0.1, -0.05) is 43.7 Å². The second kappa shape index (κ2) is 14.3. The average Bonchev–Trinajstić information content (AvgIpc) is 2.80. The fourth-order valence-electron chi connectivity index (χ4n) is 3.47. The molecular weight excluding hydrogens is 432 g/mol. The molecule has 2 rings (SSSR count). The van der Waals surface area contributed by atoms with Crippen LogP contribution in [0.3, 0.4) is 0 Å². The number of carbonyl (C=O) groups is 2. The molecule has 0 heterocycles. The fourth-order valence-corrected chi connectivity index (χ4v) is 3.47. The van der Waals surface area contributed by atoms with Crippen LogP contribution in [0, 0.1) is 12.8 Å². The zero-order valence-electron chi connectivity index (χ0n) is 20.8. The minimum absolute atomic E-state index is 0.137. The van der Waals surface area contributed by atoms with Crippen molar-refractivity contribution in [3.8, 4) is 5.75 Å². The Morgan fingerprint density at radius 1 is 1.03 bits per heavy atom. The van der Waals surface area contributed by atoms with Gasteiger partial charge in [0.2, 0.25) is 0 Å². The molecule has 1 atom stereocenters. The maximum absolute atomic E-state index is 12.9. The van der Waals surface area contributed by atoms with Gasteiger partial charge in [-0.05, 0) is 62.4 Å². The van der Waals surface area contributed by atoms with E-state index in [1.807, 2.05) is 55.5 Å². The largest absolute Gasteiger partial charge is 0.492 e. The predicted octanol–water partition coefficient (Wildman–Crippen LogP) is 5.38. The highest BCUT2D eigenvalue weighted by Crippen LogP contribution is 2.15. The average molecular weight is 471 g/mol. The lowest BCUT2D eigenvalue weighted by Gasteiger charge is -2.24. The van der Waals surface area contributed by atoms with Crippen LogP contribution in [0.25, 0.3) is 0 Å². The molecule has 0 radical (unpaired) electrons. The highest BCUT2D eigenvalue weighted by atomic mass is 16.5. The molecule has 0 aliphatic rings. The first-order chi connectivity index (χ1) is 16.3. The number of urea groups is 1. The Bertz CT molecular complexity index is 881. The van der Waals surface area contributed by atoms with Gasteiger partial charge in [0.1, 0.15) is 12.4 Å². The smallest absolute Gasteiger partial charge is 0.333 e. The van der Waals surface area contributed by atoms with Crippen molar-refractivity contribution in [3.05, 3.63) is 59.7 Å². The fraction of sp³-hybridized carbons (Fsp3) is 0.481. The number of nitrogens with zero attached hydrogens (tertiary/aromatic N) is 1. The first-order valence-corrected chi connectivity index (χ1v) is 12.0. The second-order valence-electron chi connectivity index (χ2n) is 8.80. The van der Waals surface area contributed by atoms with Crippen LogP contribution in [0.15, 0.2) is 48.5 Å². The summed E-state index contributed by atoms with van der Waals surface area (Å²) >= 11 is 0. The van der Waals surface area contributed by atoms with E-state index in [0.29, 0.717) is 44.4 Å². The molecule has 0 aromatic heterocycles. The van der Waals surface area contributed by atoms with Gasteiger partial charge in [0.25, 0.3) is 0 Å². The summed E-state index contributed by atoms with van der Waals surface area (Å²) in [6, 6.07) is 14.9. The Morgan fingerprint density at radius 3 is 2.29 bits per heavy atom. The first-order valence-electron chi connectivity index (χ1n) is 12.0. The number of anilines is 1. The summed E-state index contributed by atoms with van der Waals surface area (Å²) in [6.07, 6.45) is 1.42. The van der Waals surface area contributed by atoms with Crippen LogP contribution >= 0.6 is 0 Å². The SMILES string of the molecule is CCOC(Cc1ccc(OCCN(CCCC(C)C)C(=O)Nc2ccc(C)cc2)cc1)C(=O)O. The number of hydrogen-bond acceptors (Lipinski definition) is 4. The number of rotatable bonds is 14. The molecule has 0 saturated heterocycles. The molecule has 34 heavy (non-hydrogen) atoms. The van der Waals surface area contributed by atoms with Crippen LogP contribution in [-0.4, -0.2) is 54.4 Å². The van der Waals surface area contributed by atoms with Crippen LogP contribution in [0.2, 0.25) is 0 Å². The number of ether oxygens (including phenoxy) is 2. The summed E-state index contributed by atoms with van der Waals surface area (Å²) < 4.78 is 11.1. The summed E-state index contributed by atoms with van der Waals surface area (Å²) in [5.74, 6) is 0.289. The van der Waals surface area contributed by atoms with E-state index in [0.717, 1.165) is 29.7 Å². The molecule has 0 aliphatic carbocycles. The van der Waals surface area contributed by atoms with Crippen molar-refractivity contribution in [1.82, 2.24) is 4.90 Å². The summed E-state index contributed by atoms with van der Waals surface area (Å²) in [5, 5.41) is 12.2. The molecular formula is C27H38N2O5. The van der Waals surface area contributed by atoms with E-state index in [2.05, 4.69) is 19.2 Å². The molecule has 0 aliphatic heterocycles. The Balaban J connectivity index is 1.90. The van der Waals surface area contributed by atoms with Crippen LogP contribution in [0.1, 0.15) is 44.7 Å². The van der Waals surface area contributed by atoms with Gasteiger partial charge in [0.15, 0.2) is 6.10 Å². The molecule has 7 nitrogen and oxygen atoms in total. The van der Waals surface area contributed by atoms with Gasteiger partial charge in [-0.15, -0.1) is 0 Å². The van der Waals surface area contributed by atoms with Crippen LogP contribution in [0.4, 0.5) is 10.5 Å². The predicted molar refractivity (Wildman–Crippen MR) is 135 cm³/mol. The van der Waals surface area contributed by atoms with E-state index < -0.39 is 12.1 Å². The third-order valence-corrected chi connectivity index (χ3v) is 5.42. The molecule has 2 aromatic rings. The van der Waals surface area contributed by atoms with E-state index in [9.17, 15) is 14.7 Å². The van der Waals surface area contributed by atoms with Gasteiger partial charge in [-0.2, -0.15) is 0 Å². The Morgan fingerprint density at radius 2 is 1.71 bits per heavy atom. The number of carboxylic acid groups (broad SMARTS) is 1. The standard InChI is InChI=1S/C27H38N2O5/c1-5-33-25(26(30)31)19-22-10-14-24(15-11-22)34-18-17-29(16-6-7-20(2)3)27(32)28-23-12-8-21(4)9-13-23/h8-15,20,25H,5-7,16-19H2,1-4H3,(H,28,32)(H,30,31). The second-order valence-corrected chi connectivity index (χ2v) is 8.80. The van der Waals surface area contributed by atoms with Crippen LogP contribution in [-0.2, 0) is 16.0 Å². The minimum atomic E-state index is -0.969. The highest BCUT2D eigenvalue weighted by molar-refractivity contribution is 5.89. The first kappa shape index (κ1) is 27.2. The van der Waals surface area contributed by atoms with Crippen molar-refractivity contribution < 1.29 is 24.2 Å². The Labute approximate surface area is 203 Å². The van der Waals surface area contributed by atoms with E-state index in [1.165, 1.54) is 0 Å². The lowest BCUT2D eigenvalue weighted by atomic mass is 10.1. The zero-order valence-corrected chi connectivity index (χ0v) is 20.8. The third kappa shape index (κ3) is 9.83. The molecule has 7 heteroatoms. The van der Waals surface area contributed by atoms with Crippen molar-refractivity contribution in [2.45, 2.75) is 53.1 Å². The lowest BCUT2D eigenvalue weighted by Crippen LogP contribution is -2.38. The summed E-state index contributed by atoms with van der Waals surface area (Å²) in [6.45, 7) is 9.97. The topological polar surface area (TPSA) is 88.1 Å². The van der Waals surface area contributed by atoms with Crippen molar-refractivity contribution in [3.63, 3.8) is 0 Å². The molecule has 0 spiro atoms. The normalized spacial score (nSPS) is 11.8. The molecule has 2 amide bonds. The summed E-state index contributed by atoms with van der Waals surface area (Å²) in [5.41, 5.74) is 2.77. The molecule has 2 aromatic carbocycles. The number of hydrogen-bond donors (Lipinski definition) is 2. The van der Waals surface area contributed by atoms with Gasteiger partial charge in [-0.25, -0.2) is 9.59 Å². The Kier molecular flexibility index (Phi) is 11.4. The third-order valence-electron chi connectivity index (χ3n) is 5.42. The summed E-state index contributed by atoms with van der Waals surface area (Å²) in [7, 11) is 0. The number of carboxylic acids is 1. The van der Waals surface area contributed by atoms with E-state index in [1.54, 1.807) is 11.8 Å². The molecule has 2 N–H and O–H groups in total. The zero-order chi connectivity index (χ0) is 24.9. The minimum Gasteiger partial charge on any atom is -0.492 e. The van der Waals surface area contributed by atoms with Crippen molar-refractivity contribution >= 4 is 17.7 Å². The Hall–Kier alpha value is -3.06. The van der Waals surface area contributed by atoms with Gasteiger partial charge in [0.05, 0.1) is 6.54 Å². The van der Waals surface area contributed by atoms with Gasteiger partial charge in [-0.3, -0.25) is 0 Å². The number of aliphatic carboxylic acids is 1. The number of benzene rings is 2. The maximum atomic E-state index is 12.9. The number of carbonyl (C=O) groups excluding carboxylic acids is 1. The van der Waals surface area contributed by atoms with Gasteiger partial charge in [0, 0.05) is 25.3 Å². The number of nitrogens with one attached hydrogen (secondary N) is 1. The monoisotopic (exact) mass is 470 g/mol. The molecule has 186 valence electrons. The molecule has 0 fully saturated rings. The molecule has 0 bridgehead atoms. The maximum Gasteiger partial charge on any atom is 0.333 e. The number of aryl methyl sites for hydroxylation is 1. The quantitative estimate of drug-likeness (QED) is 0.387. The van der Waals surface area contributed by atoms with Gasteiger partial charge < -0.3 is 24.8 Å². The molecule has 0 saturated carbocycles. The van der Waals surface area contributed by atoms with Gasteiger partial charge >= 0.3 is 12.0 Å². The van der Waals surface area contributed by atoms with Crippen molar-refractivity contribution in [2.75, 3.05) is 31.6 Å². The van der Waals surface area contributed by atoms with Crippen molar-refractivity contribution in [1.29, 1.82) is 0 Å². The van der Waals surface area contributed by atoms with E-state index in [4.69, 9.17) is 9.47 Å². The lowest BCUT2D eigenvalue weighted by molar-refractivity contribution is -0.149. The highest BCUT2D eigenvalue weighted by Gasteiger charge is 2.18. The summed E-state index contributed by atoms with van der Waals surface area (Å²) in [4.78, 5) is 25.9. The van der Waals surface area contributed by atoms with Crippen molar-refractivity contribution in [2.24, 2.45) is 5.92 Å². The van der Waals surface area contributed by atoms with E-state index >= 15 is 0 Å². The van der Waals surface area contributed by atoms with Crippen LogP contribution in [0.5, 0.6) is 5.75 Å². The van der Waals surface area contributed by atoms with Crippen LogP contribution < -0.4 is 10.1 Å².